The third-order valence-electron chi connectivity index (χ3n) is 2.66. The first-order valence-electron chi connectivity index (χ1n) is 5.98. The second kappa shape index (κ2) is 5.27. The zero-order valence-corrected chi connectivity index (χ0v) is 10.5. The van der Waals surface area contributed by atoms with Crippen molar-refractivity contribution in [3.05, 3.63) is 47.3 Å². The van der Waals surface area contributed by atoms with Gasteiger partial charge in [0.15, 0.2) is 5.82 Å². The van der Waals surface area contributed by atoms with Crippen LogP contribution in [-0.2, 0) is 6.42 Å². The van der Waals surface area contributed by atoms with Crippen LogP contribution in [0.15, 0.2) is 24.3 Å². The molecule has 0 saturated carbocycles. The zero-order chi connectivity index (χ0) is 13.1. The Hall–Kier alpha value is -1.75. The average Bonchev–Trinajstić information content (AvgIpc) is 2.76. The molecule has 96 valence electrons. The third-order valence-corrected chi connectivity index (χ3v) is 2.66. The highest BCUT2D eigenvalue weighted by atomic mass is 19.1. The van der Waals surface area contributed by atoms with Gasteiger partial charge in [-0.1, -0.05) is 26.0 Å². The van der Waals surface area contributed by atoms with Crippen LogP contribution in [0.3, 0.4) is 0 Å². The third kappa shape index (κ3) is 2.92. The van der Waals surface area contributed by atoms with Crippen LogP contribution in [0.2, 0.25) is 0 Å². The lowest BCUT2D eigenvalue weighted by Crippen LogP contribution is -2.13. The van der Waals surface area contributed by atoms with E-state index in [4.69, 9.17) is 5.73 Å². The second-order valence-electron chi connectivity index (χ2n) is 4.77. The van der Waals surface area contributed by atoms with Crippen molar-refractivity contribution < 1.29 is 4.39 Å². The van der Waals surface area contributed by atoms with Gasteiger partial charge in [-0.3, -0.25) is 5.10 Å². The predicted molar refractivity (Wildman–Crippen MR) is 67.4 cm³/mol. The van der Waals surface area contributed by atoms with Crippen LogP contribution in [0.5, 0.6) is 0 Å². The maximum absolute atomic E-state index is 12.8. The number of halogens is 1. The standard InChI is InChI=1S/C13H17FN4/c1-8(2)7-11-16-13(18-17-11)12(15)9-3-5-10(14)6-4-9/h3-6,8,12H,7,15H2,1-2H3,(H,16,17,18)/t12-/m0/s1. The molecule has 1 heterocycles. The fourth-order valence-electron chi connectivity index (χ4n) is 1.75. The van der Waals surface area contributed by atoms with Gasteiger partial charge < -0.3 is 5.73 Å². The SMILES string of the molecule is CC(C)Cc1nc([C@@H](N)c2ccc(F)cc2)n[nH]1. The van der Waals surface area contributed by atoms with E-state index < -0.39 is 6.04 Å². The summed E-state index contributed by atoms with van der Waals surface area (Å²) in [5, 5.41) is 7.00. The smallest absolute Gasteiger partial charge is 0.171 e. The molecule has 5 heteroatoms. The number of nitrogens with one attached hydrogen (secondary N) is 1. The summed E-state index contributed by atoms with van der Waals surface area (Å²) in [7, 11) is 0. The molecule has 0 aliphatic heterocycles. The molecular formula is C13H17FN4. The summed E-state index contributed by atoms with van der Waals surface area (Å²) in [6, 6.07) is 5.65. The van der Waals surface area contributed by atoms with E-state index in [0.717, 1.165) is 17.8 Å². The van der Waals surface area contributed by atoms with Crippen molar-refractivity contribution in [2.45, 2.75) is 26.3 Å². The molecule has 0 spiro atoms. The normalized spacial score (nSPS) is 12.9. The number of rotatable bonds is 4. The van der Waals surface area contributed by atoms with Crippen molar-refractivity contribution >= 4 is 0 Å². The molecule has 0 saturated heterocycles. The van der Waals surface area contributed by atoms with E-state index >= 15 is 0 Å². The average molecular weight is 248 g/mol. The minimum atomic E-state index is -0.428. The maximum atomic E-state index is 12.8. The topological polar surface area (TPSA) is 67.6 Å². The molecule has 0 amide bonds. The van der Waals surface area contributed by atoms with Gasteiger partial charge in [0.05, 0.1) is 6.04 Å². The Balaban J connectivity index is 2.15. The lowest BCUT2D eigenvalue weighted by Gasteiger charge is -2.07. The van der Waals surface area contributed by atoms with Crippen molar-refractivity contribution in [1.29, 1.82) is 0 Å². The van der Waals surface area contributed by atoms with Crippen molar-refractivity contribution in [2.75, 3.05) is 0 Å². The molecular weight excluding hydrogens is 231 g/mol. The van der Waals surface area contributed by atoms with Crippen molar-refractivity contribution in [3.63, 3.8) is 0 Å². The van der Waals surface area contributed by atoms with E-state index in [1.165, 1.54) is 12.1 Å². The predicted octanol–water partition coefficient (Wildman–Crippen LogP) is 2.19. The van der Waals surface area contributed by atoms with Crippen LogP contribution < -0.4 is 5.73 Å². The molecule has 0 fully saturated rings. The number of hydrogen-bond donors (Lipinski definition) is 2. The van der Waals surface area contributed by atoms with Gasteiger partial charge in [-0.25, -0.2) is 9.37 Å². The van der Waals surface area contributed by atoms with Gasteiger partial charge in [0, 0.05) is 6.42 Å². The maximum Gasteiger partial charge on any atom is 0.171 e. The minimum Gasteiger partial charge on any atom is -0.318 e. The Morgan fingerprint density at radius 3 is 2.56 bits per heavy atom. The van der Waals surface area contributed by atoms with E-state index in [-0.39, 0.29) is 5.82 Å². The lowest BCUT2D eigenvalue weighted by molar-refractivity contribution is 0.621. The number of aromatic nitrogens is 3. The van der Waals surface area contributed by atoms with Crippen LogP contribution >= 0.6 is 0 Å². The fourth-order valence-corrected chi connectivity index (χ4v) is 1.75. The van der Waals surface area contributed by atoms with Gasteiger partial charge in [-0.2, -0.15) is 5.10 Å². The Morgan fingerprint density at radius 1 is 1.28 bits per heavy atom. The summed E-state index contributed by atoms with van der Waals surface area (Å²) in [6.45, 7) is 4.23. The first-order chi connectivity index (χ1) is 8.56. The highest BCUT2D eigenvalue weighted by Gasteiger charge is 2.14. The van der Waals surface area contributed by atoms with E-state index in [1.807, 2.05) is 0 Å². The van der Waals surface area contributed by atoms with Gasteiger partial charge in [-0.15, -0.1) is 0 Å². The van der Waals surface area contributed by atoms with Crippen molar-refractivity contribution in [1.82, 2.24) is 15.2 Å². The fraction of sp³-hybridized carbons (Fsp3) is 0.385. The first kappa shape index (κ1) is 12.7. The quantitative estimate of drug-likeness (QED) is 0.871. The molecule has 3 N–H and O–H groups in total. The summed E-state index contributed by atoms with van der Waals surface area (Å²) in [4.78, 5) is 4.36. The largest absolute Gasteiger partial charge is 0.318 e. The summed E-state index contributed by atoms with van der Waals surface area (Å²) in [5.41, 5.74) is 6.84. The summed E-state index contributed by atoms with van der Waals surface area (Å²) < 4.78 is 12.8. The van der Waals surface area contributed by atoms with Gasteiger partial charge >= 0.3 is 0 Å². The molecule has 1 aromatic carbocycles. The van der Waals surface area contributed by atoms with E-state index in [0.29, 0.717) is 11.7 Å². The van der Waals surface area contributed by atoms with Crippen LogP contribution in [0.25, 0.3) is 0 Å². The Kier molecular flexibility index (Phi) is 3.72. The number of nitrogens with two attached hydrogens (primary N) is 1. The Bertz CT molecular complexity index is 504. The number of benzene rings is 1. The van der Waals surface area contributed by atoms with Gasteiger partial charge in [-0.05, 0) is 23.6 Å². The molecule has 18 heavy (non-hydrogen) atoms. The summed E-state index contributed by atoms with van der Waals surface area (Å²) in [6.07, 6.45) is 0.836. The molecule has 4 nitrogen and oxygen atoms in total. The van der Waals surface area contributed by atoms with Crippen molar-refractivity contribution in [3.8, 4) is 0 Å². The van der Waals surface area contributed by atoms with Gasteiger partial charge in [0.25, 0.3) is 0 Å². The molecule has 1 atom stereocenters. The number of aromatic amines is 1. The van der Waals surface area contributed by atoms with E-state index in [9.17, 15) is 4.39 Å². The molecule has 1 aromatic heterocycles. The minimum absolute atomic E-state index is 0.276. The molecule has 0 aliphatic rings. The van der Waals surface area contributed by atoms with Crippen LogP contribution in [0.1, 0.15) is 37.1 Å². The van der Waals surface area contributed by atoms with Crippen molar-refractivity contribution in [2.24, 2.45) is 11.7 Å². The van der Waals surface area contributed by atoms with Crippen LogP contribution in [0, 0.1) is 11.7 Å². The van der Waals surface area contributed by atoms with Gasteiger partial charge in [0.2, 0.25) is 0 Å². The summed E-state index contributed by atoms with van der Waals surface area (Å²) >= 11 is 0. The number of H-pyrrole nitrogens is 1. The zero-order valence-electron chi connectivity index (χ0n) is 10.5. The number of hydrogen-bond acceptors (Lipinski definition) is 3. The second-order valence-corrected chi connectivity index (χ2v) is 4.77. The highest BCUT2D eigenvalue weighted by Crippen LogP contribution is 2.17. The molecule has 0 unspecified atom stereocenters. The highest BCUT2D eigenvalue weighted by molar-refractivity contribution is 5.24. The molecule has 0 bridgehead atoms. The molecule has 0 aliphatic carbocycles. The van der Waals surface area contributed by atoms with E-state index in [1.54, 1.807) is 12.1 Å². The first-order valence-corrected chi connectivity index (χ1v) is 5.98. The van der Waals surface area contributed by atoms with Crippen LogP contribution in [-0.4, -0.2) is 15.2 Å². The van der Waals surface area contributed by atoms with Gasteiger partial charge in [0.1, 0.15) is 11.6 Å². The van der Waals surface area contributed by atoms with E-state index in [2.05, 4.69) is 29.0 Å². The molecule has 0 radical (unpaired) electrons. The Morgan fingerprint density at radius 2 is 1.94 bits per heavy atom. The Labute approximate surface area is 105 Å². The molecule has 2 rings (SSSR count). The lowest BCUT2D eigenvalue weighted by atomic mass is 10.1. The van der Waals surface area contributed by atoms with Crippen LogP contribution in [0.4, 0.5) is 4.39 Å². The monoisotopic (exact) mass is 248 g/mol. The molecule has 2 aromatic rings. The number of nitrogens with zero attached hydrogens (tertiary/aromatic N) is 2. The summed E-state index contributed by atoms with van der Waals surface area (Å²) in [5.74, 6) is 1.60.